The van der Waals surface area contributed by atoms with Crippen molar-refractivity contribution >= 4 is 5.97 Å². The summed E-state index contributed by atoms with van der Waals surface area (Å²) in [5.74, 6) is 0.00524. The van der Waals surface area contributed by atoms with Crippen LogP contribution in [0.3, 0.4) is 0 Å². The van der Waals surface area contributed by atoms with Gasteiger partial charge in [-0.2, -0.15) is 0 Å². The number of aliphatic hydroxyl groups is 1. The molecule has 0 bridgehead atoms. The van der Waals surface area contributed by atoms with Gasteiger partial charge in [-0.25, -0.2) is 4.79 Å². The molecule has 0 radical (unpaired) electrons. The second-order valence-corrected chi connectivity index (χ2v) is 2.69. The maximum absolute atomic E-state index is 10.8. The molecule has 15 heavy (non-hydrogen) atoms. The van der Waals surface area contributed by atoms with E-state index in [0.717, 1.165) is 6.08 Å². The third kappa shape index (κ3) is 3.44. The number of carbonyl (C=O) groups is 1. The van der Waals surface area contributed by atoms with E-state index < -0.39 is 12.8 Å². The highest BCUT2D eigenvalue weighted by molar-refractivity contribution is 5.81. The molecule has 1 N–H and O–H groups in total. The van der Waals surface area contributed by atoms with Gasteiger partial charge in [-0.1, -0.05) is 24.8 Å². The Morgan fingerprint density at radius 2 is 2.20 bits per heavy atom. The van der Waals surface area contributed by atoms with Gasteiger partial charge in [-0.3, -0.25) is 0 Å². The number of carbonyl (C=O) groups excluding carboxylic acids is 1. The molecule has 0 aliphatic carbocycles. The molecule has 1 rings (SSSR count). The summed E-state index contributed by atoms with van der Waals surface area (Å²) in [5.41, 5.74) is 0.696. The molecule has 4 nitrogen and oxygen atoms in total. The molecule has 1 aromatic rings. The van der Waals surface area contributed by atoms with Gasteiger partial charge in [-0.05, 0) is 6.07 Å². The van der Waals surface area contributed by atoms with Crippen LogP contribution in [0.2, 0.25) is 0 Å². The van der Waals surface area contributed by atoms with Gasteiger partial charge >= 0.3 is 5.97 Å². The molecule has 4 heteroatoms. The van der Waals surface area contributed by atoms with Crippen molar-refractivity contribution in [2.24, 2.45) is 0 Å². The summed E-state index contributed by atoms with van der Waals surface area (Å²) in [6.45, 7) is 2.97. The van der Waals surface area contributed by atoms with Gasteiger partial charge in [0.1, 0.15) is 12.4 Å². The molecule has 0 saturated carbocycles. The van der Waals surface area contributed by atoms with E-state index in [4.69, 9.17) is 14.6 Å². The van der Waals surface area contributed by atoms with Gasteiger partial charge in [0.15, 0.2) is 6.79 Å². The molecule has 0 aliphatic rings. The van der Waals surface area contributed by atoms with Gasteiger partial charge in [0.05, 0.1) is 0 Å². The van der Waals surface area contributed by atoms with Gasteiger partial charge in [0, 0.05) is 11.6 Å². The van der Waals surface area contributed by atoms with Crippen LogP contribution in [0, 0.1) is 0 Å². The van der Waals surface area contributed by atoms with Crippen LogP contribution in [0.1, 0.15) is 5.56 Å². The van der Waals surface area contributed by atoms with E-state index in [9.17, 15) is 4.79 Å². The van der Waals surface area contributed by atoms with Crippen LogP contribution >= 0.6 is 0 Å². The van der Waals surface area contributed by atoms with Gasteiger partial charge in [-0.15, -0.1) is 0 Å². The first-order chi connectivity index (χ1) is 7.27. The average Bonchev–Trinajstić information content (AvgIpc) is 2.28. The minimum Gasteiger partial charge on any atom is -0.467 e. The fourth-order valence-electron chi connectivity index (χ4n) is 1.04. The molecule has 0 unspecified atom stereocenters. The summed E-state index contributed by atoms with van der Waals surface area (Å²) in [4.78, 5) is 10.8. The van der Waals surface area contributed by atoms with Crippen molar-refractivity contribution in [3.8, 4) is 5.75 Å². The minimum absolute atomic E-state index is 0.0982. The fourth-order valence-corrected chi connectivity index (χ4v) is 1.04. The zero-order chi connectivity index (χ0) is 11.1. The molecule has 0 amide bonds. The Bertz CT molecular complexity index is 346. The SMILES string of the molecule is C=CC(=O)OCc1ccccc1OCO. The second-order valence-electron chi connectivity index (χ2n) is 2.69. The van der Waals surface area contributed by atoms with Crippen LogP contribution in [0.25, 0.3) is 0 Å². The molecule has 0 fully saturated rings. The summed E-state index contributed by atoms with van der Waals surface area (Å²) in [6.07, 6.45) is 1.09. The predicted octanol–water partition coefficient (Wildman–Crippen LogP) is 1.24. The Morgan fingerprint density at radius 1 is 1.47 bits per heavy atom. The molecule has 0 aliphatic heterocycles. The van der Waals surface area contributed by atoms with Crippen molar-refractivity contribution in [1.29, 1.82) is 0 Å². The number of para-hydroxylation sites is 1. The highest BCUT2D eigenvalue weighted by Gasteiger charge is 2.04. The number of aliphatic hydroxyl groups excluding tert-OH is 1. The quantitative estimate of drug-likeness (QED) is 0.449. The van der Waals surface area contributed by atoms with Crippen molar-refractivity contribution in [2.45, 2.75) is 6.61 Å². The van der Waals surface area contributed by atoms with Gasteiger partial charge in [0.25, 0.3) is 0 Å². The molecular formula is C11H12O4. The third-order valence-corrected chi connectivity index (χ3v) is 1.73. The number of benzene rings is 1. The van der Waals surface area contributed by atoms with Crippen LogP contribution in [-0.2, 0) is 16.1 Å². The van der Waals surface area contributed by atoms with E-state index >= 15 is 0 Å². The Morgan fingerprint density at radius 3 is 2.87 bits per heavy atom. The molecule has 1 aromatic carbocycles. The van der Waals surface area contributed by atoms with Crippen LogP contribution in [0.15, 0.2) is 36.9 Å². The van der Waals surface area contributed by atoms with Crippen molar-refractivity contribution in [3.05, 3.63) is 42.5 Å². The maximum atomic E-state index is 10.8. The molecule has 80 valence electrons. The summed E-state index contributed by atoms with van der Waals surface area (Å²) < 4.78 is 9.79. The lowest BCUT2D eigenvalue weighted by molar-refractivity contribution is -0.139. The monoisotopic (exact) mass is 208 g/mol. The maximum Gasteiger partial charge on any atom is 0.330 e. The van der Waals surface area contributed by atoms with Gasteiger partial charge < -0.3 is 14.6 Å². The first-order valence-electron chi connectivity index (χ1n) is 4.38. The normalized spacial score (nSPS) is 9.40. The lowest BCUT2D eigenvalue weighted by atomic mass is 10.2. The van der Waals surface area contributed by atoms with Crippen molar-refractivity contribution in [1.82, 2.24) is 0 Å². The highest BCUT2D eigenvalue weighted by atomic mass is 16.6. The number of hydrogen-bond donors (Lipinski definition) is 1. The molecule has 0 spiro atoms. The summed E-state index contributed by atoms with van der Waals surface area (Å²) in [6, 6.07) is 7.00. The lowest BCUT2D eigenvalue weighted by Gasteiger charge is -2.08. The first-order valence-corrected chi connectivity index (χ1v) is 4.38. The van der Waals surface area contributed by atoms with E-state index in [0.29, 0.717) is 11.3 Å². The van der Waals surface area contributed by atoms with Crippen molar-refractivity contribution in [2.75, 3.05) is 6.79 Å². The van der Waals surface area contributed by atoms with E-state index in [-0.39, 0.29) is 6.61 Å². The Balaban J connectivity index is 2.66. The smallest absolute Gasteiger partial charge is 0.330 e. The van der Waals surface area contributed by atoms with Gasteiger partial charge in [0.2, 0.25) is 0 Å². The van der Waals surface area contributed by atoms with Crippen LogP contribution < -0.4 is 4.74 Å². The van der Waals surface area contributed by atoms with E-state index in [1.165, 1.54) is 0 Å². The van der Waals surface area contributed by atoms with E-state index in [2.05, 4.69) is 6.58 Å². The first kappa shape index (κ1) is 11.3. The predicted molar refractivity (Wildman–Crippen MR) is 54.1 cm³/mol. The molecule has 0 aromatic heterocycles. The third-order valence-electron chi connectivity index (χ3n) is 1.73. The van der Waals surface area contributed by atoms with Crippen LogP contribution in [0.4, 0.5) is 0 Å². The van der Waals surface area contributed by atoms with Crippen molar-refractivity contribution < 1.29 is 19.4 Å². The van der Waals surface area contributed by atoms with E-state index in [1.54, 1.807) is 24.3 Å². The van der Waals surface area contributed by atoms with Crippen molar-refractivity contribution in [3.63, 3.8) is 0 Å². The topological polar surface area (TPSA) is 55.8 Å². The summed E-state index contributed by atoms with van der Waals surface area (Å²) >= 11 is 0. The number of hydrogen-bond acceptors (Lipinski definition) is 4. The fraction of sp³-hybridized carbons (Fsp3) is 0.182. The molecular weight excluding hydrogens is 196 g/mol. The summed E-state index contributed by atoms with van der Waals surface area (Å²) in [7, 11) is 0. The van der Waals surface area contributed by atoms with Crippen LogP contribution in [-0.4, -0.2) is 17.9 Å². The largest absolute Gasteiger partial charge is 0.467 e. The van der Waals surface area contributed by atoms with Crippen LogP contribution in [0.5, 0.6) is 5.75 Å². The standard InChI is InChI=1S/C11H12O4/c1-2-11(13)14-7-9-5-3-4-6-10(9)15-8-12/h2-6,12H,1,7-8H2. The molecule has 0 atom stereocenters. The Kier molecular flexibility index (Phi) is 4.37. The lowest BCUT2D eigenvalue weighted by Crippen LogP contribution is -2.03. The number of ether oxygens (including phenoxy) is 2. The number of rotatable bonds is 5. The van der Waals surface area contributed by atoms with E-state index in [1.807, 2.05) is 0 Å². The summed E-state index contributed by atoms with van der Waals surface area (Å²) in [5, 5.41) is 8.62. The Hall–Kier alpha value is -1.81. The second kappa shape index (κ2) is 5.82. The Labute approximate surface area is 87.7 Å². The highest BCUT2D eigenvalue weighted by Crippen LogP contribution is 2.18. The number of esters is 1. The zero-order valence-electron chi connectivity index (χ0n) is 8.18. The molecule has 0 heterocycles. The minimum atomic E-state index is -0.492. The average molecular weight is 208 g/mol. The molecule has 0 saturated heterocycles. The zero-order valence-corrected chi connectivity index (χ0v) is 8.18.